The Morgan fingerprint density at radius 1 is 1.22 bits per heavy atom. The topological polar surface area (TPSA) is 61.4 Å². The van der Waals surface area contributed by atoms with Gasteiger partial charge in [-0.1, -0.05) is 18.2 Å². The zero-order chi connectivity index (χ0) is 19.2. The molecule has 27 heavy (non-hydrogen) atoms. The highest BCUT2D eigenvalue weighted by molar-refractivity contribution is 7.10. The van der Waals surface area contributed by atoms with Crippen molar-refractivity contribution in [2.24, 2.45) is 0 Å². The van der Waals surface area contributed by atoms with E-state index in [2.05, 4.69) is 22.1 Å². The number of hydrogen-bond donors (Lipinski definition) is 2. The van der Waals surface area contributed by atoms with E-state index in [-0.39, 0.29) is 30.4 Å². The van der Waals surface area contributed by atoms with Crippen LogP contribution >= 0.6 is 11.3 Å². The first-order valence-electron chi connectivity index (χ1n) is 9.48. The maximum atomic E-state index is 12.7. The molecule has 0 aliphatic carbocycles. The van der Waals surface area contributed by atoms with Gasteiger partial charge >= 0.3 is 0 Å². The zero-order valence-electron chi connectivity index (χ0n) is 15.9. The van der Waals surface area contributed by atoms with Gasteiger partial charge in [0.15, 0.2) is 0 Å². The molecule has 1 aliphatic heterocycles. The molecular formula is C21H27N3O2S. The second kappa shape index (κ2) is 9.04. The van der Waals surface area contributed by atoms with E-state index in [4.69, 9.17) is 0 Å². The molecule has 144 valence electrons. The van der Waals surface area contributed by atoms with Crippen LogP contribution in [-0.4, -0.2) is 35.8 Å². The number of thiophene rings is 1. The molecule has 0 spiro atoms. The molecule has 2 heterocycles. The van der Waals surface area contributed by atoms with Crippen LogP contribution in [0, 0.1) is 0 Å². The minimum atomic E-state index is 0.0227. The predicted octanol–water partition coefficient (Wildman–Crippen LogP) is 3.59. The third kappa shape index (κ3) is 5.32. The van der Waals surface area contributed by atoms with Crippen LogP contribution in [0.3, 0.4) is 0 Å². The lowest BCUT2D eigenvalue weighted by Crippen LogP contribution is -2.34. The van der Waals surface area contributed by atoms with Crippen molar-refractivity contribution in [3.63, 3.8) is 0 Å². The van der Waals surface area contributed by atoms with Crippen molar-refractivity contribution >= 4 is 28.8 Å². The third-order valence-electron chi connectivity index (χ3n) is 4.66. The summed E-state index contributed by atoms with van der Waals surface area (Å²) in [5.74, 6) is 0.154. The maximum Gasteiger partial charge on any atom is 0.242 e. The molecule has 0 bridgehead atoms. The molecule has 1 aromatic heterocycles. The van der Waals surface area contributed by atoms with Crippen LogP contribution in [0.4, 0.5) is 5.69 Å². The van der Waals surface area contributed by atoms with E-state index in [1.165, 1.54) is 4.88 Å². The Balaban J connectivity index is 1.51. The van der Waals surface area contributed by atoms with Gasteiger partial charge in [0.2, 0.25) is 11.8 Å². The molecule has 1 unspecified atom stereocenters. The number of amides is 2. The molecule has 6 heteroatoms. The molecule has 1 fully saturated rings. The van der Waals surface area contributed by atoms with E-state index >= 15 is 0 Å². The largest absolute Gasteiger partial charge is 0.376 e. The van der Waals surface area contributed by atoms with Crippen LogP contribution in [-0.2, 0) is 16.0 Å². The monoisotopic (exact) mass is 385 g/mol. The highest BCUT2D eigenvalue weighted by atomic mass is 32.1. The highest BCUT2D eigenvalue weighted by Crippen LogP contribution is 2.34. The molecule has 3 rings (SSSR count). The predicted molar refractivity (Wildman–Crippen MR) is 110 cm³/mol. The summed E-state index contributed by atoms with van der Waals surface area (Å²) in [6, 6.07) is 12.2. The number of rotatable bonds is 7. The summed E-state index contributed by atoms with van der Waals surface area (Å²) < 4.78 is 0. The molecule has 1 saturated heterocycles. The first kappa shape index (κ1) is 19.4. The van der Waals surface area contributed by atoms with Gasteiger partial charge < -0.3 is 15.5 Å². The van der Waals surface area contributed by atoms with Gasteiger partial charge in [0.1, 0.15) is 0 Å². The zero-order valence-corrected chi connectivity index (χ0v) is 16.7. The van der Waals surface area contributed by atoms with Crippen molar-refractivity contribution in [2.45, 2.75) is 45.2 Å². The van der Waals surface area contributed by atoms with Crippen molar-refractivity contribution in [3.8, 4) is 0 Å². The van der Waals surface area contributed by atoms with Crippen molar-refractivity contribution in [1.29, 1.82) is 0 Å². The summed E-state index contributed by atoms with van der Waals surface area (Å²) in [7, 11) is 0. The summed E-state index contributed by atoms with van der Waals surface area (Å²) in [6.45, 7) is 5.01. The molecule has 1 aliphatic rings. The average molecular weight is 386 g/mol. The summed E-state index contributed by atoms with van der Waals surface area (Å²) in [5, 5.41) is 8.17. The second-order valence-electron chi connectivity index (χ2n) is 7.21. The van der Waals surface area contributed by atoms with Gasteiger partial charge in [-0.3, -0.25) is 9.59 Å². The molecule has 1 atom stereocenters. The van der Waals surface area contributed by atoms with E-state index < -0.39 is 0 Å². The van der Waals surface area contributed by atoms with E-state index in [0.29, 0.717) is 6.42 Å². The van der Waals surface area contributed by atoms with Crippen molar-refractivity contribution in [2.75, 3.05) is 18.4 Å². The first-order chi connectivity index (χ1) is 13.0. The lowest BCUT2D eigenvalue weighted by atomic mass is 10.1. The first-order valence-corrected chi connectivity index (χ1v) is 10.4. The number of nitrogens with zero attached hydrogens (tertiary/aromatic N) is 1. The Morgan fingerprint density at radius 2 is 2.00 bits per heavy atom. The molecule has 1 aromatic carbocycles. The SMILES string of the molecule is CC(C)NC(=O)Cc1ccc(NCC(=O)N2CCCC2c2cccs2)cc1. The van der Waals surface area contributed by atoms with Gasteiger partial charge in [-0.15, -0.1) is 11.3 Å². The van der Waals surface area contributed by atoms with E-state index in [1.807, 2.05) is 49.1 Å². The smallest absolute Gasteiger partial charge is 0.242 e. The molecule has 2 aromatic rings. The number of hydrogen-bond acceptors (Lipinski definition) is 4. The summed E-state index contributed by atoms with van der Waals surface area (Å²) in [6.07, 6.45) is 2.47. The Hall–Kier alpha value is -2.34. The van der Waals surface area contributed by atoms with Crippen LogP contribution in [0.15, 0.2) is 41.8 Å². The number of benzene rings is 1. The fourth-order valence-electron chi connectivity index (χ4n) is 3.42. The highest BCUT2D eigenvalue weighted by Gasteiger charge is 2.30. The van der Waals surface area contributed by atoms with Gasteiger partial charge in [0.05, 0.1) is 19.0 Å². The summed E-state index contributed by atoms with van der Waals surface area (Å²) >= 11 is 1.72. The van der Waals surface area contributed by atoms with Crippen LogP contribution < -0.4 is 10.6 Å². The number of likely N-dealkylation sites (tertiary alicyclic amines) is 1. The number of carbonyl (C=O) groups excluding carboxylic acids is 2. The minimum absolute atomic E-state index is 0.0227. The fraction of sp³-hybridized carbons (Fsp3) is 0.429. The molecule has 2 N–H and O–H groups in total. The average Bonchev–Trinajstić information content (AvgIpc) is 3.31. The van der Waals surface area contributed by atoms with Crippen molar-refractivity contribution in [3.05, 3.63) is 52.2 Å². The number of nitrogens with one attached hydrogen (secondary N) is 2. The Kier molecular flexibility index (Phi) is 6.50. The molecule has 2 amide bonds. The van der Waals surface area contributed by atoms with Gasteiger partial charge in [0.25, 0.3) is 0 Å². The van der Waals surface area contributed by atoms with Gasteiger partial charge in [-0.2, -0.15) is 0 Å². The van der Waals surface area contributed by atoms with Gasteiger partial charge in [-0.05, 0) is 55.8 Å². The van der Waals surface area contributed by atoms with Crippen LogP contribution in [0.2, 0.25) is 0 Å². The lowest BCUT2D eigenvalue weighted by Gasteiger charge is -2.24. The van der Waals surface area contributed by atoms with Crippen LogP contribution in [0.5, 0.6) is 0 Å². The fourth-order valence-corrected chi connectivity index (χ4v) is 4.29. The summed E-state index contributed by atoms with van der Waals surface area (Å²) in [4.78, 5) is 27.7. The minimum Gasteiger partial charge on any atom is -0.376 e. The third-order valence-corrected chi connectivity index (χ3v) is 5.63. The molecule has 0 saturated carbocycles. The van der Waals surface area contributed by atoms with E-state index in [1.54, 1.807) is 11.3 Å². The Labute approximate surface area is 164 Å². The van der Waals surface area contributed by atoms with Crippen LogP contribution in [0.1, 0.15) is 43.2 Å². The normalized spacial score (nSPS) is 16.6. The van der Waals surface area contributed by atoms with Crippen LogP contribution in [0.25, 0.3) is 0 Å². The standard InChI is InChI=1S/C21H27N3O2S/c1-15(2)23-20(25)13-16-7-9-17(10-8-16)22-14-21(26)24-11-3-5-18(24)19-6-4-12-27-19/h4,6-10,12,15,18,22H,3,5,11,13-14H2,1-2H3,(H,23,25). The second-order valence-corrected chi connectivity index (χ2v) is 8.19. The molecule has 0 radical (unpaired) electrons. The van der Waals surface area contributed by atoms with Crippen molar-refractivity contribution < 1.29 is 9.59 Å². The maximum absolute atomic E-state index is 12.7. The summed E-state index contributed by atoms with van der Waals surface area (Å²) in [5.41, 5.74) is 1.85. The quantitative estimate of drug-likeness (QED) is 0.766. The lowest BCUT2D eigenvalue weighted by molar-refractivity contribution is -0.130. The Morgan fingerprint density at radius 3 is 2.67 bits per heavy atom. The Bertz CT molecular complexity index is 756. The van der Waals surface area contributed by atoms with E-state index in [9.17, 15) is 9.59 Å². The molecule has 5 nitrogen and oxygen atoms in total. The molecular weight excluding hydrogens is 358 g/mol. The van der Waals surface area contributed by atoms with Crippen molar-refractivity contribution in [1.82, 2.24) is 10.2 Å². The van der Waals surface area contributed by atoms with Gasteiger partial charge in [0, 0.05) is 23.2 Å². The number of carbonyl (C=O) groups is 2. The number of anilines is 1. The van der Waals surface area contributed by atoms with E-state index in [0.717, 1.165) is 30.6 Å². The van der Waals surface area contributed by atoms with Gasteiger partial charge in [-0.25, -0.2) is 0 Å².